The highest BCUT2D eigenvalue weighted by atomic mass is 16.5. The Labute approximate surface area is 467 Å². The van der Waals surface area contributed by atoms with E-state index in [2.05, 4.69) is 40.4 Å². The molecule has 3 saturated heterocycles. The Hall–Kier alpha value is -6.15. The van der Waals surface area contributed by atoms with Crippen LogP contribution in [0, 0.1) is 11.8 Å². The summed E-state index contributed by atoms with van der Waals surface area (Å²) in [6, 6.07) is -3.59. The molecule has 2 aromatic carbocycles. The molecule has 0 saturated carbocycles. The SMILES string of the molecule is CCC(C)CCCCCCCCCCC(=O)N[C@@H]1C[C@@H](O)C(c2ccc(OC)c(OC)c2)NC(=O)[C@@H]2[C@@H](O)[C@@H](C)CN2C(=O)C(CO)NC(=O)C([C@@H](O)[C@H](O)c2ccc(O)cc2)NC(=O)[C@@H]2C[C@@H](O)CN2C(=O)C(C(C)O)NC1=O. The van der Waals surface area contributed by atoms with Crippen molar-refractivity contribution in [2.24, 2.45) is 11.8 Å². The zero-order valence-electron chi connectivity index (χ0n) is 46.7. The van der Waals surface area contributed by atoms with Gasteiger partial charge in [-0.2, -0.15) is 0 Å². The van der Waals surface area contributed by atoms with Gasteiger partial charge in [-0.15, -0.1) is 0 Å². The van der Waals surface area contributed by atoms with E-state index in [1.54, 1.807) is 0 Å². The second-order valence-electron chi connectivity index (χ2n) is 21.7. The zero-order valence-corrected chi connectivity index (χ0v) is 46.7. The lowest BCUT2D eigenvalue weighted by atomic mass is 9.94. The monoisotopic (exact) mass is 1130 g/mol. The molecule has 80 heavy (non-hydrogen) atoms. The maximum Gasteiger partial charge on any atom is 0.248 e. The number of phenols is 1. The van der Waals surface area contributed by atoms with E-state index >= 15 is 0 Å². The summed E-state index contributed by atoms with van der Waals surface area (Å²) in [5.74, 6) is -7.49. The van der Waals surface area contributed by atoms with Gasteiger partial charge in [-0.25, -0.2) is 0 Å². The number of ether oxygens (including phenoxy) is 2. The summed E-state index contributed by atoms with van der Waals surface area (Å²) in [7, 11) is 2.72. The lowest BCUT2D eigenvalue weighted by Crippen LogP contribution is -2.63. The number of benzene rings is 2. The summed E-state index contributed by atoms with van der Waals surface area (Å²) >= 11 is 0. The molecule has 446 valence electrons. The number of rotatable bonds is 21. The van der Waals surface area contributed by atoms with Crippen LogP contribution in [0.1, 0.15) is 134 Å². The topological polar surface area (TPSA) is 366 Å². The predicted molar refractivity (Wildman–Crippen MR) is 289 cm³/mol. The van der Waals surface area contributed by atoms with Crippen molar-refractivity contribution in [1.82, 2.24) is 36.4 Å². The highest BCUT2D eigenvalue weighted by Crippen LogP contribution is 2.34. The van der Waals surface area contributed by atoms with Crippen molar-refractivity contribution < 1.29 is 83.9 Å². The van der Waals surface area contributed by atoms with E-state index in [0.717, 1.165) is 55.2 Å². The molecular weight excluding hydrogens is 1040 g/mol. The molecule has 3 aliphatic heterocycles. The van der Waals surface area contributed by atoms with Crippen molar-refractivity contribution >= 4 is 41.4 Å². The van der Waals surface area contributed by atoms with E-state index in [4.69, 9.17) is 9.47 Å². The molecule has 2 aromatic rings. The summed E-state index contributed by atoms with van der Waals surface area (Å²) in [5.41, 5.74) is 0.0931. The second-order valence-corrected chi connectivity index (χ2v) is 21.7. The smallest absolute Gasteiger partial charge is 0.248 e. The number of unbranched alkanes of at least 4 members (excludes halogenated alkanes) is 7. The highest BCUT2D eigenvalue weighted by molar-refractivity contribution is 5.98. The summed E-state index contributed by atoms with van der Waals surface area (Å²) in [6.07, 6.45) is -2.10. The van der Waals surface area contributed by atoms with Gasteiger partial charge < -0.3 is 86.7 Å². The van der Waals surface area contributed by atoms with Gasteiger partial charge in [0.2, 0.25) is 41.4 Å². The number of carbonyl (C=O) groups is 7. The molecule has 5 rings (SSSR count). The summed E-state index contributed by atoms with van der Waals surface area (Å²) < 4.78 is 10.9. The molecular formula is C56H85N7O17. The molecule has 24 nitrogen and oxygen atoms in total. The van der Waals surface area contributed by atoms with E-state index in [1.807, 2.05) is 0 Å². The number of nitrogens with zero attached hydrogens (tertiary/aromatic N) is 2. The average molecular weight is 1130 g/mol. The predicted octanol–water partition coefficient (Wildman–Crippen LogP) is -0.145. The molecule has 15 atom stereocenters. The Bertz CT molecular complexity index is 2400. The van der Waals surface area contributed by atoms with Crippen molar-refractivity contribution in [2.45, 2.75) is 190 Å². The zero-order chi connectivity index (χ0) is 59.0. The average Bonchev–Trinajstić information content (AvgIpc) is 4.09. The number of hydrogen-bond acceptors (Lipinski definition) is 17. The summed E-state index contributed by atoms with van der Waals surface area (Å²) in [4.78, 5) is 103. The van der Waals surface area contributed by atoms with Gasteiger partial charge >= 0.3 is 0 Å². The Morgan fingerprint density at radius 1 is 0.725 bits per heavy atom. The fraction of sp³-hybridized carbons (Fsp3) is 0.661. The number of aliphatic hydroxyl groups is 7. The number of fused-ring (bicyclic) bond motifs is 2. The largest absolute Gasteiger partial charge is 0.508 e. The van der Waals surface area contributed by atoms with Crippen LogP contribution in [0.5, 0.6) is 17.2 Å². The normalized spacial score (nSPS) is 28.0. The van der Waals surface area contributed by atoms with Crippen molar-refractivity contribution in [3.05, 3.63) is 53.6 Å². The number of hydrogen-bond donors (Lipinski definition) is 13. The maximum atomic E-state index is 14.7. The number of carbonyl (C=O) groups excluding carboxylic acids is 7. The fourth-order valence-electron chi connectivity index (χ4n) is 10.5. The van der Waals surface area contributed by atoms with Gasteiger partial charge in [0.15, 0.2) is 11.5 Å². The van der Waals surface area contributed by atoms with Crippen LogP contribution in [-0.4, -0.2) is 193 Å². The number of phenolic OH excluding ortho intramolecular Hbond substituents is 1. The minimum absolute atomic E-state index is 0.0404. The van der Waals surface area contributed by atoms with E-state index < -0.39 is 152 Å². The van der Waals surface area contributed by atoms with Gasteiger partial charge in [-0.05, 0) is 54.7 Å². The van der Waals surface area contributed by atoms with Crippen LogP contribution in [0.25, 0.3) is 0 Å². The van der Waals surface area contributed by atoms with Crippen molar-refractivity contribution in [3.63, 3.8) is 0 Å². The van der Waals surface area contributed by atoms with Crippen molar-refractivity contribution in [1.29, 1.82) is 0 Å². The number of amides is 7. The molecule has 3 fully saturated rings. The van der Waals surface area contributed by atoms with E-state index in [-0.39, 0.29) is 41.3 Å². The minimum atomic E-state index is -2.27. The van der Waals surface area contributed by atoms with Crippen molar-refractivity contribution in [2.75, 3.05) is 33.9 Å². The first-order chi connectivity index (χ1) is 38.0. The molecule has 7 amide bonds. The van der Waals surface area contributed by atoms with Gasteiger partial charge in [-0.1, -0.05) is 96.8 Å². The lowest BCUT2D eigenvalue weighted by Gasteiger charge is -2.33. The second kappa shape index (κ2) is 30.6. The van der Waals surface area contributed by atoms with Crippen LogP contribution < -0.4 is 36.1 Å². The molecule has 3 heterocycles. The van der Waals surface area contributed by atoms with Crippen LogP contribution in [0.3, 0.4) is 0 Å². The molecule has 0 aliphatic carbocycles. The molecule has 0 radical (unpaired) electrons. The Morgan fingerprint density at radius 3 is 1.96 bits per heavy atom. The Morgan fingerprint density at radius 2 is 1.35 bits per heavy atom. The number of aliphatic hydroxyl groups excluding tert-OH is 7. The van der Waals surface area contributed by atoms with Gasteiger partial charge in [0.25, 0.3) is 0 Å². The lowest BCUT2D eigenvalue weighted by molar-refractivity contribution is -0.147. The third kappa shape index (κ3) is 17.0. The van der Waals surface area contributed by atoms with Crippen LogP contribution in [-0.2, 0) is 33.6 Å². The molecule has 6 unspecified atom stereocenters. The summed E-state index contributed by atoms with van der Waals surface area (Å²) in [6.45, 7) is 5.12. The molecule has 0 aromatic heterocycles. The van der Waals surface area contributed by atoms with Gasteiger partial charge in [0.05, 0.1) is 51.3 Å². The maximum absolute atomic E-state index is 14.7. The van der Waals surface area contributed by atoms with Gasteiger partial charge in [0, 0.05) is 38.3 Å². The highest BCUT2D eigenvalue weighted by Gasteiger charge is 2.50. The van der Waals surface area contributed by atoms with Crippen LogP contribution in [0.15, 0.2) is 42.5 Å². The third-order valence-electron chi connectivity index (χ3n) is 15.6. The van der Waals surface area contributed by atoms with Gasteiger partial charge in [0.1, 0.15) is 54.2 Å². The molecule has 0 bridgehead atoms. The Kier molecular flexibility index (Phi) is 24.7. The van der Waals surface area contributed by atoms with E-state index in [9.17, 15) is 74.4 Å². The van der Waals surface area contributed by atoms with Crippen LogP contribution in [0.4, 0.5) is 0 Å². The van der Waals surface area contributed by atoms with Crippen LogP contribution in [0.2, 0.25) is 0 Å². The Balaban J connectivity index is 1.55. The van der Waals surface area contributed by atoms with E-state index in [1.165, 1.54) is 76.4 Å². The van der Waals surface area contributed by atoms with Crippen LogP contribution >= 0.6 is 0 Å². The van der Waals surface area contributed by atoms with E-state index in [0.29, 0.717) is 18.8 Å². The first-order valence-corrected chi connectivity index (χ1v) is 27.9. The van der Waals surface area contributed by atoms with Gasteiger partial charge in [-0.3, -0.25) is 33.6 Å². The fourth-order valence-corrected chi connectivity index (χ4v) is 10.5. The first kappa shape index (κ1) is 64.7. The van der Waals surface area contributed by atoms with Crippen molar-refractivity contribution in [3.8, 4) is 17.2 Å². The molecule has 13 N–H and O–H groups in total. The summed E-state index contributed by atoms with van der Waals surface area (Å²) in [5, 5.41) is 102. The minimum Gasteiger partial charge on any atom is -0.508 e. The standard InChI is InChI=1S/C56H85N7O17/c1-7-30(2)16-14-12-10-8-9-11-13-15-17-43(69)57-37-26-40(68)45(34-20-23-41(79-5)42(24-34)80-6)60-54(76)47-48(70)31(3)27-63(47)55(77)38(29-64)58-53(75)46(50(72)49(71)33-18-21-35(66)22-19-33)61-52(74)39-25-36(67)28-62(39)56(78)44(32(4)65)59-51(37)73/h18-24,30-32,36-40,44-50,64-68,70-72H,7-17,25-29H2,1-6H3,(H,57,69)(H,58,75)(H,59,73)(H,60,76)(H,61,74)/t30?,31-,32?,36+,37+,38?,39-,40+,44?,45?,46?,47-,48-,49+,50+/m0/s1. The molecule has 24 heteroatoms. The quantitative estimate of drug-likeness (QED) is 0.0723. The molecule has 3 aliphatic rings. The number of aromatic hydroxyl groups is 1. The molecule has 0 spiro atoms. The third-order valence-corrected chi connectivity index (χ3v) is 15.6. The number of methoxy groups -OCH3 is 2. The number of nitrogens with one attached hydrogen (secondary N) is 5. The first-order valence-electron chi connectivity index (χ1n) is 27.9.